The molecule has 3 nitrogen and oxygen atoms in total. The third-order valence-electron chi connectivity index (χ3n) is 2.61. The Bertz CT molecular complexity index is 135. The summed E-state index contributed by atoms with van der Waals surface area (Å²) in [6, 6.07) is 0. The van der Waals surface area contributed by atoms with Gasteiger partial charge in [0.15, 0.2) is 0 Å². The Balaban J connectivity index is 2.53. The summed E-state index contributed by atoms with van der Waals surface area (Å²) >= 11 is -1.17. The molecule has 1 aliphatic heterocycles. The fourth-order valence-electron chi connectivity index (χ4n) is 1.89. The Hall–Kier alpha value is 1.11. The third-order valence-corrected chi connectivity index (χ3v) is 7.97. The molecule has 1 fully saturated rings. The number of aliphatic hydroxyl groups excluding tert-OH is 1. The Morgan fingerprint density at radius 1 is 1.69 bits per heavy atom. The first kappa shape index (κ1) is 12.2. The molecular weight excluding hydrogens is 380 g/mol. The molecule has 0 unspecified atom stereocenters. The van der Waals surface area contributed by atoms with Crippen molar-refractivity contribution in [3.05, 3.63) is 0 Å². The van der Waals surface area contributed by atoms with Crippen LogP contribution in [0, 0.1) is 5.92 Å². The molecule has 1 N–H and O–H groups in total. The maximum absolute atomic E-state index is 9.10. The van der Waals surface area contributed by atoms with E-state index in [0.29, 0.717) is 12.5 Å². The zero-order valence-electron chi connectivity index (χ0n) is 7.91. The molecule has 0 aromatic heterocycles. The van der Waals surface area contributed by atoms with Crippen molar-refractivity contribution >= 4 is 8.25 Å². The van der Waals surface area contributed by atoms with Gasteiger partial charge >= 0.3 is 95.0 Å². The summed E-state index contributed by atoms with van der Waals surface area (Å²) in [4.78, 5) is 0. The monoisotopic (exact) mass is 396 g/mol. The standard InChI is InChI=1S/C8H15O3.ClH.Hg/c1-6-7(10-2)3-4-11-8(6)5-9;;/h6-9H,1,3-5H2,2H3;1H;/q;;+1/p-1/t6-,7+,8+;;/m0../s1. The van der Waals surface area contributed by atoms with Gasteiger partial charge in [0.2, 0.25) is 0 Å². The first-order valence-electron chi connectivity index (χ1n) is 4.64. The summed E-state index contributed by atoms with van der Waals surface area (Å²) in [7, 11) is 7.63. The van der Waals surface area contributed by atoms with Crippen LogP contribution in [0.2, 0.25) is 3.93 Å². The summed E-state index contributed by atoms with van der Waals surface area (Å²) in [5.41, 5.74) is 0. The fourth-order valence-corrected chi connectivity index (χ4v) is 7.97. The summed E-state index contributed by atoms with van der Waals surface area (Å²) in [5.74, 6) is 0.336. The van der Waals surface area contributed by atoms with Crippen molar-refractivity contribution in [3.63, 3.8) is 0 Å². The predicted molar refractivity (Wildman–Crippen MR) is 46.4 cm³/mol. The van der Waals surface area contributed by atoms with Gasteiger partial charge in [0.1, 0.15) is 0 Å². The second-order valence-corrected chi connectivity index (χ2v) is 10.3. The molecule has 1 heterocycles. The first-order chi connectivity index (χ1) is 6.33. The minimum absolute atomic E-state index is 0.0440. The van der Waals surface area contributed by atoms with Crippen LogP contribution >= 0.6 is 8.25 Å². The van der Waals surface area contributed by atoms with Crippen molar-refractivity contribution in [1.82, 2.24) is 0 Å². The van der Waals surface area contributed by atoms with Gasteiger partial charge in [0, 0.05) is 0 Å². The maximum atomic E-state index is 9.10. The van der Waals surface area contributed by atoms with Crippen molar-refractivity contribution in [2.75, 3.05) is 20.3 Å². The van der Waals surface area contributed by atoms with E-state index in [1.54, 1.807) is 7.11 Å². The van der Waals surface area contributed by atoms with Crippen molar-refractivity contribution in [1.29, 1.82) is 0 Å². The van der Waals surface area contributed by atoms with E-state index in [0.717, 1.165) is 10.4 Å². The molecule has 3 atom stereocenters. The van der Waals surface area contributed by atoms with E-state index in [-0.39, 0.29) is 18.8 Å². The Labute approximate surface area is 94.6 Å². The Morgan fingerprint density at radius 2 is 2.46 bits per heavy atom. The number of hydrogen-bond donors (Lipinski definition) is 1. The second-order valence-electron chi connectivity index (χ2n) is 3.30. The predicted octanol–water partition coefficient (Wildman–Crippen LogP) is 1.05. The van der Waals surface area contributed by atoms with Gasteiger partial charge in [-0.2, -0.15) is 0 Å². The average Bonchev–Trinajstić information content (AvgIpc) is 2.18. The van der Waals surface area contributed by atoms with Crippen LogP contribution in [0.3, 0.4) is 0 Å². The van der Waals surface area contributed by atoms with Crippen LogP contribution in [0.1, 0.15) is 6.42 Å². The topological polar surface area (TPSA) is 38.7 Å². The number of methoxy groups -OCH3 is 1. The first-order valence-corrected chi connectivity index (χ1v) is 15.3. The van der Waals surface area contributed by atoms with Crippen LogP contribution in [0.4, 0.5) is 0 Å². The number of hydrogen-bond acceptors (Lipinski definition) is 3. The van der Waals surface area contributed by atoms with Crippen LogP contribution < -0.4 is 0 Å². The molecule has 0 aromatic rings. The summed E-state index contributed by atoms with van der Waals surface area (Å²) < 4.78 is 11.9. The van der Waals surface area contributed by atoms with E-state index >= 15 is 0 Å². The number of halogens is 1. The molecule has 13 heavy (non-hydrogen) atoms. The van der Waals surface area contributed by atoms with Crippen LogP contribution in [0.25, 0.3) is 0 Å². The van der Waals surface area contributed by atoms with Gasteiger partial charge < -0.3 is 0 Å². The molecular formula is C8H15ClHgO3. The minimum atomic E-state index is -1.17. The van der Waals surface area contributed by atoms with E-state index in [2.05, 4.69) is 0 Å². The number of rotatable bonds is 4. The SMILES string of the molecule is CO[C@@H]1CCO[C@H](CO)[C@H]1[CH2][Hg][Cl]. The molecule has 1 aliphatic rings. The van der Waals surface area contributed by atoms with Crippen LogP contribution in [0.15, 0.2) is 0 Å². The molecule has 74 valence electrons. The molecule has 1 saturated heterocycles. The van der Waals surface area contributed by atoms with E-state index in [4.69, 9.17) is 22.8 Å². The molecule has 0 aliphatic carbocycles. The van der Waals surface area contributed by atoms with Crippen LogP contribution in [0.5, 0.6) is 0 Å². The molecule has 0 spiro atoms. The third kappa shape index (κ3) is 3.31. The Kier molecular flexibility index (Phi) is 6.15. The zero-order valence-corrected chi connectivity index (χ0v) is 14.2. The summed E-state index contributed by atoms with van der Waals surface area (Å²) in [5, 5.41) is 9.10. The fraction of sp³-hybridized carbons (Fsp3) is 1.00. The van der Waals surface area contributed by atoms with Gasteiger partial charge in [0.05, 0.1) is 0 Å². The molecule has 0 saturated carbocycles. The molecule has 0 amide bonds. The van der Waals surface area contributed by atoms with E-state index in [1.165, 1.54) is 0 Å². The quantitative estimate of drug-likeness (QED) is 0.724. The van der Waals surface area contributed by atoms with Crippen molar-refractivity contribution in [2.45, 2.75) is 22.6 Å². The summed E-state index contributed by atoms with van der Waals surface area (Å²) in [6.07, 6.45) is 1.13. The summed E-state index contributed by atoms with van der Waals surface area (Å²) in [6.45, 7) is 0.786. The van der Waals surface area contributed by atoms with Crippen molar-refractivity contribution in [2.24, 2.45) is 5.92 Å². The molecule has 0 bridgehead atoms. The van der Waals surface area contributed by atoms with E-state index in [1.807, 2.05) is 0 Å². The molecule has 0 radical (unpaired) electrons. The van der Waals surface area contributed by atoms with Gasteiger partial charge in [0.25, 0.3) is 0 Å². The molecule has 1 rings (SSSR count). The Morgan fingerprint density at radius 3 is 3.00 bits per heavy atom. The molecule has 0 aromatic carbocycles. The van der Waals surface area contributed by atoms with Gasteiger partial charge in [-0.3, -0.25) is 0 Å². The van der Waals surface area contributed by atoms with Crippen molar-refractivity contribution < 1.29 is 37.9 Å². The zero-order chi connectivity index (χ0) is 9.68. The van der Waals surface area contributed by atoms with Gasteiger partial charge in [-0.1, -0.05) is 0 Å². The van der Waals surface area contributed by atoms with Crippen LogP contribution in [-0.2, 0) is 32.8 Å². The van der Waals surface area contributed by atoms with E-state index in [9.17, 15) is 0 Å². The van der Waals surface area contributed by atoms with Crippen molar-refractivity contribution in [3.8, 4) is 0 Å². The number of aliphatic hydroxyl groups is 1. The van der Waals surface area contributed by atoms with Gasteiger partial charge in [-0.05, 0) is 0 Å². The normalized spacial score (nSPS) is 34.2. The number of ether oxygens (including phenoxy) is 2. The van der Waals surface area contributed by atoms with E-state index < -0.39 is 23.3 Å². The van der Waals surface area contributed by atoms with Gasteiger partial charge in [-0.25, -0.2) is 0 Å². The van der Waals surface area contributed by atoms with Crippen LogP contribution in [-0.4, -0.2) is 37.6 Å². The van der Waals surface area contributed by atoms with Gasteiger partial charge in [-0.15, -0.1) is 0 Å². The second kappa shape index (κ2) is 6.56. The average molecular weight is 395 g/mol. The molecule has 5 heteroatoms.